The molecule has 0 spiro atoms. The van der Waals surface area contributed by atoms with Crippen molar-refractivity contribution in [3.8, 4) is 0 Å². The zero-order valence-corrected chi connectivity index (χ0v) is 11.2. The third-order valence-electron chi connectivity index (χ3n) is 1.71. The maximum atomic E-state index is 5.80. The van der Waals surface area contributed by atoms with Gasteiger partial charge >= 0.3 is 0 Å². The van der Waals surface area contributed by atoms with E-state index in [0.29, 0.717) is 13.2 Å². The molecule has 14 heavy (non-hydrogen) atoms. The van der Waals surface area contributed by atoms with Gasteiger partial charge in [0.1, 0.15) is 6.10 Å². The van der Waals surface area contributed by atoms with Crippen molar-refractivity contribution in [1.82, 2.24) is 4.90 Å². The number of likely N-dealkylation sites (N-methyl/N-ethyl adjacent to an activating group) is 1. The van der Waals surface area contributed by atoms with Gasteiger partial charge in [0.25, 0.3) is 0 Å². The zero-order chi connectivity index (χ0) is 11.2. The Balaban J connectivity index is 3.99. The molecule has 0 aliphatic rings. The molecular formula is C9H18Cl3NO. The van der Waals surface area contributed by atoms with Gasteiger partial charge in [-0.3, -0.25) is 0 Å². The summed E-state index contributed by atoms with van der Waals surface area (Å²) < 4.78 is 4.17. The van der Waals surface area contributed by atoms with E-state index in [0.717, 1.165) is 12.8 Å². The maximum absolute atomic E-state index is 5.80. The van der Waals surface area contributed by atoms with Gasteiger partial charge in [0.15, 0.2) is 0 Å². The molecule has 0 N–H and O–H groups in total. The molecule has 0 amide bonds. The molecule has 0 saturated heterocycles. The van der Waals surface area contributed by atoms with E-state index in [2.05, 4.69) is 6.92 Å². The van der Waals surface area contributed by atoms with Gasteiger partial charge in [-0.15, -0.1) is 0 Å². The first kappa shape index (κ1) is 14.8. The summed E-state index contributed by atoms with van der Waals surface area (Å²) in [5, 5.41) is 0. The lowest BCUT2D eigenvalue weighted by Crippen LogP contribution is -2.38. The van der Waals surface area contributed by atoms with Gasteiger partial charge in [-0.25, -0.2) is 0 Å². The molecule has 0 aromatic carbocycles. The van der Waals surface area contributed by atoms with Crippen LogP contribution in [0.25, 0.3) is 0 Å². The van der Waals surface area contributed by atoms with E-state index in [9.17, 15) is 0 Å². The summed E-state index contributed by atoms with van der Waals surface area (Å²) in [5.74, 6) is 0. The van der Waals surface area contributed by atoms with Crippen molar-refractivity contribution in [3.63, 3.8) is 0 Å². The molecular weight excluding hydrogens is 244 g/mol. The average molecular weight is 263 g/mol. The molecule has 0 aliphatic carbocycles. The number of halogens is 3. The van der Waals surface area contributed by atoms with Crippen molar-refractivity contribution in [2.24, 2.45) is 0 Å². The number of ether oxygens (including phenoxy) is 1. The van der Waals surface area contributed by atoms with Crippen LogP contribution in [0.4, 0.5) is 0 Å². The molecule has 0 radical (unpaired) electrons. The SMILES string of the molecule is CCCCO[C@H](CN(C)C)C(Cl)(Cl)Cl. The van der Waals surface area contributed by atoms with Crippen LogP contribution in [0, 0.1) is 0 Å². The Hall–Kier alpha value is 0.790. The second-order valence-corrected chi connectivity index (χ2v) is 5.89. The minimum atomic E-state index is -1.35. The van der Waals surface area contributed by atoms with Gasteiger partial charge in [-0.05, 0) is 20.5 Å². The predicted octanol–water partition coefficient (Wildman–Crippen LogP) is 3.10. The lowest BCUT2D eigenvalue weighted by molar-refractivity contribution is 0.0368. The first-order chi connectivity index (χ1) is 6.38. The maximum Gasteiger partial charge on any atom is 0.217 e. The van der Waals surface area contributed by atoms with Crippen LogP contribution < -0.4 is 0 Å². The predicted molar refractivity (Wildman–Crippen MR) is 63.5 cm³/mol. The van der Waals surface area contributed by atoms with Crippen LogP contribution in [0.15, 0.2) is 0 Å². The fourth-order valence-electron chi connectivity index (χ4n) is 0.952. The summed E-state index contributed by atoms with van der Waals surface area (Å²) in [5.41, 5.74) is 0. The lowest BCUT2D eigenvalue weighted by Gasteiger charge is -2.27. The van der Waals surface area contributed by atoms with Crippen molar-refractivity contribution >= 4 is 34.8 Å². The van der Waals surface area contributed by atoms with Crippen molar-refractivity contribution in [1.29, 1.82) is 0 Å². The van der Waals surface area contributed by atoms with E-state index in [1.54, 1.807) is 0 Å². The van der Waals surface area contributed by atoms with Crippen LogP contribution >= 0.6 is 34.8 Å². The van der Waals surface area contributed by atoms with Gasteiger partial charge < -0.3 is 9.64 Å². The minimum absolute atomic E-state index is 0.367. The average Bonchev–Trinajstić information content (AvgIpc) is 2.00. The van der Waals surface area contributed by atoms with Crippen molar-refractivity contribution < 1.29 is 4.74 Å². The van der Waals surface area contributed by atoms with Crippen LogP contribution in [0.3, 0.4) is 0 Å². The van der Waals surface area contributed by atoms with Crippen molar-refractivity contribution in [2.75, 3.05) is 27.2 Å². The second kappa shape index (κ2) is 7.13. The van der Waals surface area contributed by atoms with Gasteiger partial charge in [-0.2, -0.15) is 0 Å². The molecule has 0 bridgehead atoms. The molecule has 0 aromatic heterocycles. The van der Waals surface area contributed by atoms with E-state index in [4.69, 9.17) is 39.5 Å². The molecule has 0 rings (SSSR count). The van der Waals surface area contributed by atoms with Gasteiger partial charge in [-0.1, -0.05) is 48.1 Å². The number of unbranched alkanes of at least 4 members (excludes halogenated alkanes) is 1. The molecule has 0 fully saturated rings. The van der Waals surface area contributed by atoms with E-state index in [1.807, 2.05) is 19.0 Å². The first-order valence-electron chi connectivity index (χ1n) is 4.71. The number of alkyl halides is 3. The topological polar surface area (TPSA) is 12.5 Å². The molecule has 0 heterocycles. The largest absolute Gasteiger partial charge is 0.372 e. The molecule has 1 atom stereocenters. The van der Waals surface area contributed by atoms with Gasteiger partial charge in [0.05, 0.1) is 0 Å². The minimum Gasteiger partial charge on any atom is -0.372 e. The van der Waals surface area contributed by atoms with E-state index in [-0.39, 0.29) is 6.10 Å². The fourth-order valence-corrected chi connectivity index (χ4v) is 1.35. The van der Waals surface area contributed by atoms with E-state index in [1.165, 1.54) is 0 Å². The highest BCUT2D eigenvalue weighted by molar-refractivity contribution is 6.68. The molecule has 5 heteroatoms. The smallest absolute Gasteiger partial charge is 0.217 e. The Morgan fingerprint density at radius 2 is 1.86 bits per heavy atom. The summed E-state index contributed by atoms with van der Waals surface area (Å²) in [7, 11) is 3.85. The second-order valence-electron chi connectivity index (χ2n) is 3.52. The standard InChI is InChI=1S/C9H18Cl3NO/c1-4-5-6-14-8(7-13(2)3)9(10,11)12/h8H,4-7H2,1-3H3/t8-/m1/s1. The third kappa shape index (κ3) is 7.13. The summed E-state index contributed by atoms with van der Waals surface area (Å²) in [4.78, 5) is 1.94. The first-order valence-corrected chi connectivity index (χ1v) is 5.84. The van der Waals surface area contributed by atoms with Crippen LogP contribution in [0.5, 0.6) is 0 Å². The summed E-state index contributed by atoms with van der Waals surface area (Å²) >= 11 is 17.4. The Bertz CT molecular complexity index is 147. The number of hydrogen-bond donors (Lipinski definition) is 0. The quantitative estimate of drug-likeness (QED) is 0.539. The lowest BCUT2D eigenvalue weighted by atomic mass is 10.3. The molecule has 0 saturated carbocycles. The molecule has 2 nitrogen and oxygen atoms in total. The van der Waals surface area contributed by atoms with Crippen LogP contribution in [0.2, 0.25) is 0 Å². The zero-order valence-electron chi connectivity index (χ0n) is 8.90. The molecule has 86 valence electrons. The Kier molecular flexibility index (Phi) is 7.53. The number of nitrogens with zero attached hydrogens (tertiary/aromatic N) is 1. The number of hydrogen-bond acceptors (Lipinski definition) is 2. The normalized spacial score (nSPS) is 14.8. The Labute approximate surface area is 101 Å². The summed E-state index contributed by atoms with van der Waals surface area (Å²) in [6, 6.07) is 0. The molecule has 0 aliphatic heterocycles. The highest BCUT2D eigenvalue weighted by Gasteiger charge is 2.33. The van der Waals surface area contributed by atoms with E-state index < -0.39 is 3.79 Å². The van der Waals surface area contributed by atoms with Crippen LogP contribution in [-0.4, -0.2) is 42.0 Å². The van der Waals surface area contributed by atoms with Crippen LogP contribution in [-0.2, 0) is 4.74 Å². The molecule has 0 aromatic rings. The fraction of sp³-hybridized carbons (Fsp3) is 1.00. The highest BCUT2D eigenvalue weighted by atomic mass is 35.6. The molecule has 0 unspecified atom stereocenters. The van der Waals surface area contributed by atoms with Gasteiger partial charge in [0, 0.05) is 13.2 Å². The van der Waals surface area contributed by atoms with Gasteiger partial charge in [0.2, 0.25) is 3.79 Å². The van der Waals surface area contributed by atoms with E-state index >= 15 is 0 Å². The highest BCUT2D eigenvalue weighted by Crippen LogP contribution is 2.32. The summed E-state index contributed by atoms with van der Waals surface area (Å²) in [6.07, 6.45) is 1.70. The number of rotatable bonds is 6. The Morgan fingerprint density at radius 1 is 1.29 bits per heavy atom. The monoisotopic (exact) mass is 261 g/mol. The van der Waals surface area contributed by atoms with Crippen LogP contribution in [0.1, 0.15) is 19.8 Å². The summed E-state index contributed by atoms with van der Waals surface area (Å²) in [6.45, 7) is 3.35. The van der Waals surface area contributed by atoms with Crippen molar-refractivity contribution in [3.05, 3.63) is 0 Å². The Morgan fingerprint density at radius 3 is 2.21 bits per heavy atom. The third-order valence-corrected chi connectivity index (χ3v) is 2.44. The van der Waals surface area contributed by atoms with Crippen molar-refractivity contribution in [2.45, 2.75) is 29.7 Å².